The van der Waals surface area contributed by atoms with Crippen molar-refractivity contribution in [1.82, 2.24) is 4.98 Å². The van der Waals surface area contributed by atoms with E-state index >= 15 is 0 Å². The van der Waals surface area contributed by atoms with Gasteiger partial charge in [0, 0.05) is 0 Å². The van der Waals surface area contributed by atoms with Crippen LogP contribution >= 0.6 is 11.3 Å². The summed E-state index contributed by atoms with van der Waals surface area (Å²) in [4.78, 5) is 3.41. The van der Waals surface area contributed by atoms with Gasteiger partial charge in [-0.05, 0) is 13.0 Å². The van der Waals surface area contributed by atoms with Crippen LogP contribution in [0.15, 0.2) is 11.6 Å². The Kier molecular flexibility index (Phi) is 2.52. The van der Waals surface area contributed by atoms with Crippen LogP contribution in [0.1, 0.15) is 17.5 Å². The SMILES string of the molecule is C/C=C/c1scnc1C(F)(F)F. The standard InChI is InChI=1S/C7H6F3NS/c1-2-3-5-6(7(8,9)10)11-4-12-5/h2-4H,1H3/b3-2+. The minimum absolute atomic E-state index is 0.157. The van der Waals surface area contributed by atoms with E-state index in [2.05, 4.69) is 4.98 Å². The average Bonchev–Trinajstić information content (AvgIpc) is 2.34. The van der Waals surface area contributed by atoms with E-state index in [1.54, 1.807) is 13.0 Å². The van der Waals surface area contributed by atoms with Crippen molar-refractivity contribution in [3.05, 3.63) is 22.2 Å². The summed E-state index contributed by atoms with van der Waals surface area (Å²) in [5.41, 5.74) is 0.392. The molecule has 0 aliphatic rings. The molecule has 0 aliphatic carbocycles. The highest BCUT2D eigenvalue weighted by molar-refractivity contribution is 7.10. The molecule has 1 nitrogen and oxygen atoms in total. The highest BCUT2D eigenvalue weighted by Crippen LogP contribution is 2.33. The zero-order chi connectivity index (χ0) is 9.19. The second-order valence-corrected chi connectivity index (χ2v) is 2.95. The van der Waals surface area contributed by atoms with Gasteiger partial charge in [-0.15, -0.1) is 11.3 Å². The first kappa shape index (κ1) is 9.25. The molecule has 0 bridgehead atoms. The summed E-state index contributed by atoms with van der Waals surface area (Å²) >= 11 is 0.983. The first-order valence-electron chi connectivity index (χ1n) is 3.19. The van der Waals surface area contributed by atoms with E-state index in [-0.39, 0.29) is 4.88 Å². The summed E-state index contributed by atoms with van der Waals surface area (Å²) in [5, 5.41) is 0. The van der Waals surface area contributed by atoms with Gasteiger partial charge >= 0.3 is 6.18 Å². The number of allylic oxidation sites excluding steroid dienone is 1. The number of hydrogen-bond donors (Lipinski definition) is 0. The molecule has 12 heavy (non-hydrogen) atoms. The van der Waals surface area contributed by atoms with Gasteiger partial charge in [-0.2, -0.15) is 13.2 Å². The van der Waals surface area contributed by atoms with Gasteiger partial charge in [-0.1, -0.05) is 6.08 Å². The van der Waals surface area contributed by atoms with Gasteiger partial charge in [-0.3, -0.25) is 0 Å². The van der Waals surface area contributed by atoms with Crippen molar-refractivity contribution >= 4 is 17.4 Å². The topological polar surface area (TPSA) is 12.9 Å². The number of alkyl halides is 3. The molecule has 0 saturated carbocycles. The Balaban J connectivity index is 3.07. The largest absolute Gasteiger partial charge is 0.434 e. The first-order chi connectivity index (χ1) is 5.55. The summed E-state index contributed by atoms with van der Waals surface area (Å²) < 4.78 is 36.3. The van der Waals surface area contributed by atoms with E-state index < -0.39 is 11.9 Å². The van der Waals surface area contributed by atoms with Gasteiger partial charge < -0.3 is 0 Å². The minimum Gasteiger partial charge on any atom is -0.240 e. The monoisotopic (exact) mass is 193 g/mol. The van der Waals surface area contributed by atoms with E-state index in [0.29, 0.717) is 0 Å². The van der Waals surface area contributed by atoms with Crippen molar-refractivity contribution in [2.75, 3.05) is 0 Å². The lowest BCUT2D eigenvalue weighted by Gasteiger charge is -2.02. The Bertz CT molecular complexity index is 287. The molecule has 1 aromatic heterocycles. The van der Waals surface area contributed by atoms with Gasteiger partial charge in [-0.25, -0.2) is 4.98 Å². The number of rotatable bonds is 1. The number of aromatic nitrogens is 1. The third-order valence-electron chi connectivity index (χ3n) is 1.18. The lowest BCUT2D eigenvalue weighted by molar-refractivity contribution is -0.140. The molecular formula is C7H6F3NS. The Labute approximate surface area is 71.6 Å². The molecule has 0 radical (unpaired) electrons. The zero-order valence-electron chi connectivity index (χ0n) is 6.22. The highest BCUT2D eigenvalue weighted by atomic mass is 32.1. The second kappa shape index (κ2) is 3.26. The molecule has 0 N–H and O–H groups in total. The van der Waals surface area contributed by atoms with Gasteiger partial charge in [0.25, 0.3) is 0 Å². The fraction of sp³-hybridized carbons (Fsp3) is 0.286. The van der Waals surface area contributed by atoms with E-state index in [4.69, 9.17) is 0 Å². The molecule has 0 aromatic carbocycles. The van der Waals surface area contributed by atoms with Crippen molar-refractivity contribution in [1.29, 1.82) is 0 Å². The molecule has 5 heteroatoms. The maximum Gasteiger partial charge on any atom is 0.434 e. The predicted octanol–water partition coefficient (Wildman–Crippen LogP) is 3.20. The average molecular weight is 193 g/mol. The van der Waals surface area contributed by atoms with Crippen LogP contribution in [-0.2, 0) is 6.18 Å². The molecule has 66 valence electrons. The van der Waals surface area contributed by atoms with Crippen LogP contribution in [0.5, 0.6) is 0 Å². The van der Waals surface area contributed by atoms with Crippen molar-refractivity contribution < 1.29 is 13.2 Å². The lowest BCUT2D eigenvalue weighted by atomic mass is 10.3. The molecule has 1 rings (SSSR count). The number of thiazole rings is 1. The van der Waals surface area contributed by atoms with E-state index in [1.165, 1.54) is 11.6 Å². The van der Waals surface area contributed by atoms with Crippen molar-refractivity contribution in [3.63, 3.8) is 0 Å². The summed E-state index contributed by atoms with van der Waals surface area (Å²) in [5.74, 6) is 0. The van der Waals surface area contributed by atoms with Gasteiger partial charge in [0.1, 0.15) is 0 Å². The summed E-state index contributed by atoms with van der Waals surface area (Å²) in [6.45, 7) is 1.67. The van der Waals surface area contributed by atoms with E-state index in [0.717, 1.165) is 11.3 Å². The Morgan fingerprint density at radius 1 is 1.50 bits per heavy atom. The molecule has 0 aliphatic heterocycles. The normalized spacial score (nSPS) is 12.7. The first-order valence-corrected chi connectivity index (χ1v) is 4.07. The fourth-order valence-electron chi connectivity index (χ4n) is 0.738. The Morgan fingerprint density at radius 3 is 2.67 bits per heavy atom. The van der Waals surface area contributed by atoms with Crippen molar-refractivity contribution in [2.24, 2.45) is 0 Å². The summed E-state index contributed by atoms with van der Waals surface area (Å²) in [6, 6.07) is 0. The molecule has 1 heterocycles. The molecular weight excluding hydrogens is 187 g/mol. The molecule has 1 aromatic rings. The molecule has 0 atom stereocenters. The third-order valence-corrected chi connectivity index (χ3v) is 1.98. The fourth-order valence-corrected chi connectivity index (χ4v) is 1.50. The lowest BCUT2D eigenvalue weighted by Crippen LogP contribution is -2.06. The maximum absolute atomic E-state index is 12.1. The number of hydrogen-bond acceptors (Lipinski definition) is 2. The summed E-state index contributed by atoms with van der Waals surface area (Å²) in [7, 11) is 0. The quantitative estimate of drug-likeness (QED) is 0.667. The smallest absolute Gasteiger partial charge is 0.240 e. The van der Waals surface area contributed by atoms with Gasteiger partial charge in [0.15, 0.2) is 5.69 Å². The van der Waals surface area contributed by atoms with Crippen LogP contribution in [0.3, 0.4) is 0 Å². The summed E-state index contributed by atoms with van der Waals surface area (Å²) in [6.07, 6.45) is -1.38. The maximum atomic E-state index is 12.1. The minimum atomic E-state index is -4.34. The number of halogens is 3. The molecule has 0 saturated heterocycles. The predicted molar refractivity (Wildman–Crippen MR) is 41.8 cm³/mol. The molecule has 0 spiro atoms. The van der Waals surface area contributed by atoms with E-state index in [9.17, 15) is 13.2 Å². The van der Waals surface area contributed by atoms with Crippen LogP contribution in [0.2, 0.25) is 0 Å². The van der Waals surface area contributed by atoms with Crippen LogP contribution in [0.25, 0.3) is 6.08 Å². The second-order valence-electron chi connectivity index (χ2n) is 2.06. The highest BCUT2D eigenvalue weighted by Gasteiger charge is 2.35. The van der Waals surface area contributed by atoms with Crippen molar-refractivity contribution in [3.8, 4) is 0 Å². The van der Waals surface area contributed by atoms with Crippen LogP contribution in [0.4, 0.5) is 13.2 Å². The van der Waals surface area contributed by atoms with Gasteiger partial charge in [0.05, 0.1) is 10.4 Å². The molecule has 0 amide bonds. The van der Waals surface area contributed by atoms with Crippen molar-refractivity contribution in [2.45, 2.75) is 13.1 Å². The Hall–Kier alpha value is -0.840. The van der Waals surface area contributed by atoms with Crippen LogP contribution in [-0.4, -0.2) is 4.98 Å². The third kappa shape index (κ3) is 1.85. The Morgan fingerprint density at radius 2 is 2.17 bits per heavy atom. The van der Waals surface area contributed by atoms with Crippen LogP contribution < -0.4 is 0 Å². The van der Waals surface area contributed by atoms with E-state index in [1.807, 2.05) is 0 Å². The number of nitrogens with zero attached hydrogens (tertiary/aromatic N) is 1. The molecule has 0 unspecified atom stereocenters. The molecule has 0 fully saturated rings. The van der Waals surface area contributed by atoms with Crippen LogP contribution in [0, 0.1) is 0 Å². The van der Waals surface area contributed by atoms with Gasteiger partial charge in [0.2, 0.25) is 0 Å². The zero-order valence-corrected chi connectivity index (χ0v) is 7.04.